The molecule has 0 fully saturated rings. The number of carbonyl (C=O) groups is 2. The maximum atomic E-state index is 12.8. The molecule has 4 nitrogen and oxygen atoms in total. The van der Waals surface area contributed by atoms with Crippen LogP contribution in [0.1, 0.15) is 56.0 Å². The molecule has 4 heteroatoms. The van der Waals surface area contributed by atoms with E-state index in [-0.39, 0.29) is 23.3 Å². The fourth-order valence-electron chi connectivity index (χ4n) is 2.68. The van der Waals surface area contributed by atoms with Gasteiger partial charge in [0, 0.05) is 5.54 Å². The van der Waals surface area contributed by atoms with Crippen molar-refractivity contribution >= 4 is 17.5 Å². The summed E-state index contributed by atoms with van der Waals surface area (Å²) in [5.41, 5.74) is 1.63. The number of nitrogens with one attached hydrogen (secondary N) is 2. The molecule has 2 amide bonds. The minimum Gasteiger partial charge on any atom is -0.347 e. The predicted octanol–water partition coefficient (Wildman–Crippen LogP) is 4.35. The summed E-state index contributed by atoms with van der Waals surface area (Å²) in [5, 5.41) is 5.86. The SMILES string of the molecule is CCC(C(=O)Nc1ccccc1C(=O)NC(C)(C)C)c1ccccc1. The van der Waals surface area contributed by atoms with E-state index in [0.717, 1.165) is 5.56 Å². The van der Waals surface area contributed by atoms with Crippen molar-refractivity contribution in [3.8, 4) is 0 Å². The Bertz CT molecular complexity index is 733. The van der Waals surface area contributed by atoms with Gasteiger partial charge in [-0.3, -0.25) is 9.59 Å². The molecule has 0 saturated carbocycles. The lowest BCUT2D eigenvalue weighted by atomic mass is 9.95. The van der Waals surface area contributed by atoms with Crippen LogP contribution < -0.4 is 10.6 Å². The minimum absolute atomic E-state index is 0.107. The fraction of sp³-hybridized carbons (Fsp3) is 0.333. The number of rotatable bonds is 5. The summed E-state index contributed by atoms with van der Waals surface area (Å²) < 4.78 is 0. The Kier molecular flexibility index (Phi) is 5.97. The van der Waals surface area contributed by atoms with Crippen LogP contribution in [-0.4, -0.2) is 17.4 Å². The quantitative estimate of drug-likeness (QED) is 0.851. The van der Waals surface area contributed by atoms with E-state index in [4.69, 9.17) is 0 Å². The average Bonchev–Trinajstić information content (AvgIpc) is 2.55. The van der Waals surface area contributed by atoms with E-state index in [0.29, 0.717) is 17.7 Å². The molecule has 2 aromatic rings. The van der Waals surface area contributed by atoms with Gasteiger partial charge in [0.1, 0.15) is 0 Å². The van der Waals surface area contributed by atoms with Crippen LogP contribution >= 0.6 is 0 Å². The normalized spacial score (nSPS) is 12.3. The lowest BCUT2D eigenvalue weighted by molar-refractivity contribution is -0.117. The molecular formula is C21H26N2O2. The molecule has 1 unspecified atom stereocenters. The van der Waals surface area contributed by atoms with Gasteiger partial charge in [-0.2, -0.15) is 0 Å². The van der Waals surface area contributed by atoms with Gasteiger partial charge in [-0.1, -0.05) is 49.4 Å². The third kappa shape index (κ3) is 5.18. The number of hydrogen-bond acceptors (Lipinski definition) is 2. The highest BCUT2D eigenvalue weighted by molar-refractivity contribution is 6.05. The van der Waals surface area contributed by atoms with Crippen LogP contribution in [0.4, 0.5) is 5.69 Å². The minimum atomic E-state index is -0.343. The Morgan fingerprint density at radius 1 is 0.960 bits per heavy atom. The second-order valence-corrected chi connectivity index (χ2v) is 7.11. The number of hydrogen-bond donors (Lipinski definition) is 2. The van der Waals surface area contributed by atoms with E-state index < -0.39 is 0 Å². The first-order valence-electron chi connectivity index (χ1n) is 8.59. The summed E-state index contributed by atoms with van der Waals surface area (Å²) in [6.45, 7) is 7.76. The summed E-state index contributed by atoms with van der Waals surface area (Å²) in [5.74, 6) is -0.555. The van der Waals surface area contributed by atoms with E-state index in [2.05, 4.69) is 10.6 Å². The summed E-state index contributed by atoms with van der Waals surface area (Å²) in [4.78, 5) is 25.3. The van der Waals surface area contributed by atoms with E-state index in [1.165, 1.54) is 0 Å². The number of anilines is 1. The number of para-hydroxylation sites is 1. The molecular weight excluding hydrogens is 312 g/mol. The van der Waals surface area contributed by atoms with E-state index in [1.807, 2.05) is 64.1 Å². The molecule has 0 saturated heterocycles. The molecule has 2 N–H and O–H groups in total. The molecule has 2 aromatic carbocycles. The van der Waals surface area contributed by atoms with Crippen LogP contribution in [0.3, 0.4) is 0 Å². The van der Waals surface area contributed by atoms with Crippen LogP contribution in [0.5, 0.6) is 0 Å². The van der Waals surface area contributed by atoms with Gasteiger partial charge >= 0.3 is 0 Å². The Balaban J connectivity index is 2.22. The van der Waals surface area contributed by atoms with Crippen LogP contribution in [0.15, 0.2) is 54.6 Å². The maximum absolute atomic E-state index is 12.8. The zero-order valence-electron chi connectivity index (χ0n) is 15.3. The lowest BCUT2D eigenvalue weighted by Crippen LogP contribution is -2.41. The van der Waals surface area contributed by atoms with Crippen LogP contribution in [0, 0.1) is 0 Å². The molecule has 0 aliphatic rings. The van der Waals surface area contributed by atoms with Gasteiger partial charge in [-0.15, -0.1) is 0 Å². The topological polar surface area (TPSA) is 58.2 Å². The number of amides is 2. The van der Waals surface area contributed by atoms with E-state index >= 15 is 0 Å². The summed E-state index contributed by atoms with van der Waals surface area (Å²) in [6.07, 6.45) is 0.687. The van der Waals surface area contributed by atoms with Gasteiger partial charge in [0.15, 0.2) is 0 Å². The lowest BCUT2D eigenvalue weighted by Gasteiger charge is -2.22. The highest BCUT2D eigenvalue weighted by Gasteiger charge is 2.22. The molecule has 0 radical (unpaired) electrons. The molecule has 0 heterocycles. The first kappa shape index (κ1) is 18.7. The molecule has 0 bridgehead atoms. The molecule has 0 aromatic heterocycles. The Morgan fingerprint density at radius 2 is 1.56 bits per heavy atom. The highest BCUT2D eigenvalue weighted by atomic mass is 16.2. The average molecular weight is 338 g/mol. The summed E-state index contributed by atoms with van der Waals surface area (Å²) in [6, 6.07) is 16.8. The standard InChI is InChI=1S/C21H26N2O2/c1-5-16(15-11-7-6-8-12-15)19(24)22-18-14-10-9-13-17(18)20(25)23-21(2,3)4/h6-14,16H,5H2,1-4H3,(H,22,24)(H,23,25). The zero-order valence-corrected chi connectivity index (χ0v) is 15.3. The molecule has 132 valence electrons. The Morgan fingerprint density at radius 3 is 2.16 bits per heavy atom. The van der Waals surface area contributed by atoms with E-state index in [9.17, 15) is 9.59 Å². The van der Waals surface area contributed by atoms with Crippen molar-refractivity contribution in [2.75, 3.05) is 5.32 Å². The van der Waals surface area contributed by atoms with E-state index in [1.54, 1.807) is 18.2 Å². The third-order valence-corrected chi connectivity index (χ3v) is 3.84. The predicted molar refractivity (Wildman–Crippen MR) is 102 cm³/mol. The van der Waals surface area contributed by atoms with Gasteiger partial charge in [0.25, 0.3) is 5.91 Å². The molecule has 2 rings (SSSR count). The summed E-state index contributed by atoms with van der Waals surface area (Å²) >= 11 is 0. The number of benzene rings is 2. The van der Waals surface area contributed by atoms with Crippen molar-refractivity contribution in [1.29, 1.82) is 0 Å². The molecule has 0 aliphatic heterocycles. The molecule has 0 spiro atoms. The van der Waals surface area contributed by atoms with Crippen molar-refractivity contribution in [2.45, 2.75) is 45.6 Å². The first-order chi connectivity index (χ1) is 11.8. The number of carbonyl (C=O) groups excluding carboxylic acids is 2. The van der Waals surface area contributed by atoms with Crippen LogP contribution in [-0.2, 0) is 4.79 Å². The molecule has 25 heavy (non-hydrogen) atoms. The van der Waals surface area contributed by atoms with Crippen molar-refractivity contribution < 1.29 is 9.59 Å². The summed E-state index contributed by atoms with van der Waals surface area (Å²) in [7, 11) is 0. The van der Waals surface area contributed by atoms with Crippen molar-refractivity contribution in [3.05, 3.63) is 65.7 Å². The molecule has 1 atom stereocenters. The van der Waals surface area contributed by atoms with Crippen molar-refractivity contribution in [1.82, 2.24) is 5.32 Å². The van der Waals surface area contributed by atoms with Crippen LogP contribution in [0.25, 0.3) is 0 Å². The monoisotopic (exact) mass is 338 g/mol. The second-order valence-electron chi connectivity index (χ2n) is 7.11. The fourth-order valence-corrected chi connectivity index (χ4v) is 2.68. The first-order valence-corrected chi connectivity index (χ1v) is 8.59. The van der Waals surface area contributed by atoms with Gasteiger partial charge < -0.3 is 10.6 Å². The Labute approximate surface area is 149 Å². The largest absolute Gasteiger partial charge is 0.347 e. The second kappa shape index (κ2) is 7.97. The maximum Gasteiger partial charge on any atom is 0.253 e. The van der Waals surface area contributed by atoms with Crippen molar-refractivity contribution in [2.24, 2.45) is 0 Å². The van der Waals surface area contributed by atoms with Gasteiger partial charge in [0.2, 0.25) is 5.91 Å². The highest BCUT2D eigenvalue weighted by Crippen LogP contribution is 2.23. The third-order valence-electron chi connectivity index (χ3n) is 3.84. The molecule has 0 aliphatic carbocycles. The van der Waals surface area contributed by atoms with Gasteiger partial charge in [-0.25, -0.2) is 0 Å². The van der Waals surface area contributed by atoms with Crippen molar-refractivity contribution in [3.63, 3.8) is 0 Å². The van der Waals surface area contributed by atoms with Gasteiger partial charge in [0.05, 0.1) is 17.2 Å². The zero-order chi connectivity index (χ0) is 18.4. The van der Waals surface area contributed by atoms with Gasteiger partial charge in [-0.05, 0) is 44.9 Å². The smallest absolute Gasteiger partial charge is 0.253 e. The van der Waals surface area contributed by atoms with Crippen LogP contribution in [0.2, 0.25) is 0 Å². The Hall–Kier alpha value is -2.62.